The zero-order valence-corrected chi connectivity index (χ0v) is 11.0. The molecule has 1 rings (SSSR count). The van der Waals surface area contributed by atoms with Crippen LogP contribution < -0.4 is 10.1 Å². The Morgan fingerprint density at radius 3 is 2.88 bits per heavy atom. The average Bonchev–Trinajstić information content (AvgIpc) is 2.27. The molecule has 0 heterocycles. The Hall–Kier alpha value is -0.730. The maximum Gasteiger partial charge on any atom is 0.138 e. The number of halogens is 1. The van der Waals surface area contributed by atoms with Crippen molar-refractivity contribution in [1.29, 1.82) is 0 Å². The second-order valence-corrected chi connectivity index (χ2v) is 4.65. The van der Waals surface area contributed by atoms with Gasteiger partial charge in [0.15, 0.2) is 0 Å². The van der Waals surface area contributed by atoms with E-state index >= 15 is 0 Å². The van der Waals surface area contributed by atoms with Gasteiger partial charge in [-0.2, -0.15) is 0 Å². The summed E-state index contributed by atoms with van der Waals surface area (Å²) >= 11 is 6.05. The average molecular weight is 242 g/mol. The van der Waals surface area contributed by atoms with Crippen molar-refractivity contribution >= 4 is 11.6 Å². The van der Waals surface area contributed by atoms with Gasteiger partial charge in [-0.3, -0.25) is 0 Å². The van der Waals surface area contributed by atoms with Gasteiger partial charge in [-0.25, -0.2) is 0 Å². The zero-order valence-electron chi connectivity index (χ0n) is 10.2. The minimum absolute atomic E-state index is 0.532. The zero-order chi connectivity index (χ0) is 12.0. The van der Waals surface area contributed by atoms with Gasteiger partial charge in [0.2, 0.25) is 0 Å². The van der Waals surface area contributed by atoms with E-state index in [2.05, 4.69) is 12.2 Å². The minimum Gasteiger partial charge on any atom is -0.492 e. The fourth-order valence-electron chi connectivity index (χ4n) is 1.43. The molecule has 1 unspecified atom stereocenters. The number of hydrogen-bond donors (Lipinski definition) is 1. The van der Waals surface area contributed by atoms with Crippen molar-refractivity contribution < 1.29 is 4.74 Å². The molecule has 0 aromatic heterocycles. The van der Waals surface area contributed by atoms with Crippen LogP contribution in [-0.2, 0) is 0 Å². The Morgan fingerprint density at radius 2 is 2.19 bits per heavy atom. The maximum atomic E-state index is 6.05. The highest BCUT2D eigenvalue weighted by atomic mass is 35.5. The van der Waals surface area contributed by atoms with Crippen molar-refractivity contribution in [1.82, 2.24) is 5.32 Å². The third-order valence-electron chi connectivity index (χ3n) is 2.50. The van der Waals surface area contributed by atoms with Crippen LogP contribution in [0.1, 0.15) is 18.9 Å². The molecule has 1 N–H and O–H groups in total. The second-order valence-electron chi connectivity index (χ2n) is 4.24. The van der Waals surface area contributed by atoms with Crippen molar-refractivity contribution in [2.24, 2.45) is 5.92 Å². The van der Waals surface area contributed by atoms with Crippen molar-refractivity contribution in [3.8, 4) is 5.75 Å². The van der Waals surface area contributed by atoms with Crippen LogP contribution in [0.4, 0.5) is 0 Å². The molecule has 0 saturated heterocycles. The summed E-state index contributed by atoms with van der Waals surface area (Å²) in [6.07, 6.45) is 1.11. The molecule has 1 aromatic carbocycles. The summed E-state index contributed by atoms with van der Waals surface area (Å²) in [5, 5.41) is 3.82. The van der Waals surface area contributed by atoms with Gasteiger partial charge in [0.05, 0.1) is 11.6 Å². The fraction of sp³-hybridized carbons (Fsp3) is 0.538. The number of hydrogen-bond acceptors (Lipinski definition) is 2. The third kappa shape index (κ3) is 4.42. The molecule has 0 aliphatic carbocycles. The fourth-order valence-corrected chi connectivity index (χ4v) is 1.60. The van der Waals surface area contributed by atoms with E-state index in [1.165, 1.54) is 5.56 Å². The quantitative estimate of drug-likeness (QED) is 0.826. The van der Waals surface area contributed by atoms with E-state index in [0.29, 0.717) is 17.5 Å². The van der Waals surface area contributed by atoms with Crippen LogP contribution in [0.15, 0.2) is 18.2 Å². The van der Waals surface area contributed by atoms with Gasteiger partial charge < -0.3 is 10.1 Å². The van der Waals surface area contributed by atoms with Gasteiger partial charge in [-0.15, -0.1) is 0 Å². The molecular weight excluding hydrogens is 222 g/mol. The first-order chi connectivity index (χ1) is 7.63. The lowest BCUT2D eigenvalue weighted by molar-refractivity contribution is 0.252. The van der Waals surface area contributed by atoms with Crippen LogP contribution in [0.25, 0.3) is 0 Å². The predicted octanol–water partition coefficient (Wildman–Crippen LogP) is 3.27. The van der Waals surface area contributed by atoms with Crippen molar-refractivity contribution in [2.45, 2.75) is 20.3 Å². The summed E-state index contributed by atoms with van der Waals surface area (Å²) in [6, 6.07) is 5.84. The van der Waals surface area contributed by atoms with Crippen molar-refractivity contribution in [3.63, 3.8) is 0 Å². The van der Waals surface area contributed by atoms with E-state index in [0.717, 1.165) is 18.7 Å². The van der Waals surface area contributed by atoms with E-state index in [4.69, 9.17) is 16.3 Å². The molecule has 0 aliphatic heterocycles. The summed E-state index contributed by atoms with van der Waals surface area (Å²) in [4.78, 5) is 0. The molecule has 0 fully saturated rings. The number of rotatable bonds is 6. The minimum atomic E-state index is 0.532. The smallest absolute Gasteiger partial charge is 0.138 e. The van der Waals surface area contributed by atoms with E-state index in [-0.39, 0.29) is 0 Å². The van der Waals surface area contributed by atoms with Crippen molar-refractivity contribution in [3.05, 3.63) is 28.8 Å². The molecular formula is C13H20ClNO. The normalized spacial score (nSPS) is 12.5. The Labute approximate surface area is 103 Å². The Kier molecular flexibility index (Phi) is 5.64. The van der Waals surface area contributed by atoms with Gasteiger partial charge in [0, 0.05) is 0 Å². The summed E-state index contributed by atoms with van der Waals surface area (Å²) in [5.74, 6) is 1.32. The molecule has 0 bridgehead atoms. The molecule has 1 atom stereocenters. The molecule has 0 amide bonds. The predicted molar refractivity (Wildman–Crippen MR) is 69.4 cm³/mol. The second kappa shape index (κ2) is 6.77. The first kappa shape index (κ1) is 13.3. The molecule has 16 heavy (non-hydrogen) atoms. The molecule has 0 spiro atoms. The monoisotopic (exact) mass is 241 g/mol. The number of benzene rings is 1. The largest absolute Gasteiger partial charge is 0.492 e. The molecule has 3 heteroatoms. The summed E-state index contributed by atoms with van der Waals surface area (Å²) in [7, 11) is 1.96. The van der Waals surface area contributed by atoms with Gasteiger partial charge in [-0.1, -0.05) is 24.6 Å². The number of nitrogens with one attached hydrogen (secondary N) is 1. The highest BCUT2D eigenvalue weighted by molar-refractivity contribution is 6.32. The Balaban J connectivity index is 2.44. The van der Waals surface area contributed by atoms with Crippen LogP contribution in [0.3, 0.4) is 0 Å². The third-order valence-corrected chi connectivity index (χ3v) is 2.81. The number of aryl methyl sites for hydroxylation is 1. The molecule has 1 aromatic rings. The van der Waals surface area contributed by atoms with Crippen LogP contribution in [0.5, 0.6) is 5.75 Å². The maximum absolute atomic E-state index is 6.05. The standard InChI is InChI=1S/C13H20ClNO/c1-10-4-5-12(14)13(8-10)16-9-11(2)6-7-15-3/h4-5,8,11,15H,6-7,9H2,1-3H3. The van der Waals surface area contributed by atoms with Crippen LogP contribution in [-0.4, -0.2) is 20.2 Å². The molecule has 90 valence electrons. The van der Waals surface area contributed by atoms with E-state index in [1.54, 1.807) is 0 Å². The lowest BCUT2D eigenvalue weighted by atomic mass is 10.1. The summed E-state index contributed by atoms with van der Waals surface area (Å²) < 4.78 is 5.72. The highest BCUT2D eigenvalue weighted by Crippen LogP contribution is 2.25. The molecule has 2 nitrogen and oxygen atoms in total. The number of ether oxygens (including phenoxy) is 1. The van der Waals surface area contributed by atoms with E-state index in [9.17, 15) is 0 Å². The van der Waals surface area contributed by atoms with Crippen molar-refractivity contribution in [2.75, 3.05) is 20.2 Å². The van der Waals surface area contributed by atoms with Gasteiger partial charge >= 0.3 is 0 Å². The molecule has 0 radical (unpaired) electrons. The first-order valence-corrected chi connectivity index (χ1v) is 6.05. The van der Waals surface area contributed by atoms with Gasteiger partial charge in [-0.05, 0) is 50.6 Å². The Bertz CT molecular complexity index is 328. The lowest BCUT2D eigenvalue weighted by Gasteiger charge is -2.14. The lowest BCUT2D eigenvalue weighted by Crippen LogP contribution is -2.16. The first-order valence-electron chi connectivity index (χ1n) is 5.67. The SMILES string of the molecule is CNCCC(C)COc1cc(C)ccc1Cl. The Morgan fingerprint density at radius 1 is 1.44 bits per heavy atom. The van der Waals surface area contributed by atoms with Crippen LogP contribution in [0.2, 0.25) is 5.02 Å². The molecule has 0 saturated carbocycles. The highest BCUT2D eigenvalue weighted by Gasteiger charge is 2.05. The van der Waals surface area contributed by atoms with Crippen LogP contribution in [0, 0.1) is 12.8 Å². The van der Waals surface area contributed by atoms with Gasteiger partial charge in [0.25, 0.3) is 0 Å². The van der Waals surface area contributed by atoms with Gasteiger partial charge in [0.1, 0.15) is 5.75 Å². The van der Waals surface area contributed by atoms with E-state index in [1.807, 2.05) is 32.2 Å². The van der Waals surface area contributed by atoms with E-state index < -0.39 is 0 Å². The van der Waals surface area contributed by atoms with Crippen LogP contribution >= 0.6 is 11.6 Å². The topological polar surface area (TPSA) is 21.3 Å². The molecule has 0 aliphatic rings. The summed E-state index contributed by atoms with van der Waals surface area (Å²) in [6.45, 7) is 5.95. The summed E-state index contributed by atoms with van der Waals surface area (Å²) in [5.41, 5.74) is 1.17.